The summed E-state index contributed by atoms with van der Waals surface area (Å²) in [5, 5.41) is 14.1. The van der Waals surface area contributed by atoms with Crippen LogP contribution in [0.3, 0.4) is 0 Å². The van der Waals surface area contributed by atoms with Crippen molar-refractivity contribution in [3.8, 4) is 11.8 Å². The van der Waals surface area contributed by atoms with Crippen LogP contribution >= 0.6 is 0 Å². The zero-order valence-corrected chi connectivity index (χ0v) is 15.9. The molecule has 1 N–H and O–H groups in total. The van der Waals surface area contributed by atoms with Crippen molar-refractivity contribution in [1.82, 2.24) is 9.97 Å². The maximum atomic E-state index is 12.6. The summed E-state index contributed by atoms with van der Waals surface area (Å²) in [4.78, 5) is 18.8. The molecule has 0 atom stereocenters. The van der Waals surface area contributed by atoms with Gasteiger partial charge in [0, 0.05) is 6.04 Å². The van der Waals surface area contributed by atoms with E-state index in [9.17, 15) is 18.5 Å². The van der Waals surface area contributed by atoms with Gasteiger partial charge >= 0.3 is 11.7 Å². The van der Waals surface area contributed by atoms with Crippen molar-refractivity contribution in [2.75, 3.05) is 5.32 Å². The SMILES string of the molecule is O=[N+]([O-])c1cnc(Oc2ccc(S(=O)(=O)c3ccccc3)cc2)nc1NC1CC1. The van der Waals surface area contributed by atoms with Gasteiger partial charge < -0.3 is 10.1 Å². The third-order valence-electron chi connectivity index (χ3n) is 4.26. The first-order chi connectivity index (χ1) is 13.9. The van der Waals surface area contributed by atoms with Crippen molar-refractivity contribution < 1.29 is 18.1 Å². The Labute approximate surface area is 166 Å². The second kappa shape index (κ2) is 7.47. The van der Waals surface area contributed by atoms with Crippen LogP contribution in [0.25, 0.3) is 0 Å². The molecule has 1 fully saturated rings. The average Bonchev–Trinajstić information content (AvgIpc) is 3.53. The lowest BCUT2D eigenvalue weighted by atomic mass is 10.3. The second-order valence-electron chi connectivity index (χ2n) is 6.45. The summed E-state index contributed by atoms with van der Waals surface area (Å²) in [7, 11) is -3.63. The lowest BCUT2D eigenvalue weighted by molar-refractivity contribution is -0.384. The van der Waals surface area contributed by atoms with Crippen LogP contribution in [0.4, 0.5) is 11.5 Å². The molecule has 2 aromatic carbocycles. The maximum Gasteiger partial charge on any atom is 0.329 e. The van der Waals surface area contributed by atoms with Gasteiger partial charge in [0.25, 0.3) is 0 Å². The number of aromatic nitrogens is 2. The Morgan fingerprint density at radius 2 is 1.69 bits per heavy atom. The quantitative estimate of drug-likeness (QED) is 0.461. The van der Waals surface area contributed by atoms with Gasteiger partial charge in [0.1, 0.15) is 11.9 Å². The number of nitrogens with zero attached hydrogens (tertiary/aromatic N) is 3. The van der Waals surface area contributed by atoms with Crippen LogP contribution in [-0.2, 0) is 9.84 Å². The number of rotatable bonds is 7. The molecule has 0 amide bonds. The highest BCUT2D eigenvalue weighted by Crippen LogP contribution is 2.31. The van der Waals surface area contributed by atoms with Gasteiger partial charge in [0.2, 0.25) is 15.7 Å². The average molecular weight is 412 g/mol. The molecule has 3 aromatic rings. The third-order valence-corrected chi connectivity index (χ3v) is 6.04. The van der Waals surface area contributed by atoms with Crippen molar-refractivity contribution in [1.29, 1.82) is 0 Å². The number of hydrogen-bond acceptors (Lipinski definition) is 8. The van der Waals surface area contributed by atoms with Crippen molar-refractivity contribution in [2.45, 2.75) is 28.7 Å². The maximum absolute atomic E-state index is 12.6. The first-order valence-electron chi connectivity index (χ1n) is 8.79. The van der Waals surface area contributed by atoms with Gasteiger partial charge in [-0.25, -0.2) is 8.42 Å². The van der Waals surface area contributed by atoms with Crippen LogP contribution in [0.5, 0.6) is 11.8 Å². The highest BCUT2D eigenvalue weighted by molar-refractivity contribution is 7.91. The van der Waals surface area contributed by atoms with Crippen LogP contribution in [0.15, 0.2) is 70.6 Å². The molecule has 148 valence electrons. The Kier molecular flexibility index (Phi) is 4.85. The number of anilines is 1. The normalized spacial score (nSPS) is 13.7. The van der Waals surface area contributed by atoms with E-state index in [1.165, 1.54) is 36.4 Å². The molecular formula is C19H16N4O5S. The van der Waals surface area contributed by atoms with E-state index in [1.807, 2.05) is 0 Å². The molecule has 0 aliphatic heterocycles. The molecule has 1 saturated carbocycles. The first-order valence-corrected chi connectivity index (χ1v) is 10.3. The van der Waals surface area contributed by atoms with Gasteiger partial charge in [0.05, 0.1) is 14.7 Å². The molecule has 0 saturated heterocycles. The minimum Gasteiger partial charge on any atom is -0.424 e. The molecule has 0 radical (unpaired) electrons. The van der Waals surface area contributed by atoms with E-state index in [4.69, 9.17) is 4.74 Å². The summed E-state index contributed by atoms with van der Waals surface area (Å²) >= 11 is 0. The van der Waals surface area contributed by atoms with Crippen molar-refractivity contribution in [2.24, 2.45) is 0 Å². The summed E-state index contributed by atoms with van der Waals surface area (Å²) in [5.41, 5.74) is -0.228. The van der Waals surface area contributed by atoms with E-state index >= 15 is 0 Å². The Morgan fingerprint density at radius 1 is 1.03 bits per heavy atom. The lowest BCUT2D eigenvalue weighted by Crippen LogP contribution is -2.08. The van der Waals surface area contributed by atoms with E-state index in [1.54, 1.807) is 18.2 Å². The molecule has 4 rings (SSSR count). The number of nitrogens with one attached hydrogen (secondary N) is 1. The molecule has 9 nitrogen and oxygen atoms in total. The van der Waals surface area contributed by atoms with Crippen LogP contribution in [0, 0.1) is 10.1 Å². The molecule has 10 heteroatoms. The first kappa shape index (κ1) is 18.8. The predicted octanol–water partition coefficient (Wildman–Crippen LogP) is 3.58. The highest BCUT2D eigenvalue weighted by Gasteiger charge is 2.27. The Morgan fingerprint density at radius 3 is 2.31 bits per heavy atom. The fraction of sp³-hybridized carbons (Fsp3) is 0.158. The third kappa shape index (κ3) is 4.16. The fourth-order valence-electron chi connectivity index (χ4n) is 2.60. The largest absolute Gasteiger partial charge is 0.424 e. The van der Waals surface area contributed by atoms with E-state index in [0.29, 0.717) is 5.75 Å². The Balaban J connectivity index is 1.55. The van der Waals surface area contributed by atoms with Crippen LogP contribution in [-0.4, -0.2) is 29.4 Å². The predicted molar refractivity (Wildman–Crippen MR) is 104 cm³/mol. The van der Waals surface area contributed by atoms with Gasteiger partial charge in [-0.15, -0.1) is 0 Å². The highest BCUT2D eigenvalue weighted by atomic mass is 32.2. The van der Waals surface area contributed by atoms with Crippen LogP contribution < -0.4 is 10.1 Å². The van der Waals surface area contributed by atoms with E-state index in [0.717, 1.165) is 19.0 Å². The van der Waals surface area contributed by atoms with E-state index < -0.39 is 14.8 Å². The summed E-state index contributed by atoms with van der Waals surface area (Å²) in [6, 6.07) is 14.0. The van der Waals surface area contributed by atoms with Gasteiger partial charge in [-0.2, -0.15) is 9.97 Å². The molecular weight excluding hydrogens is 396 g/mol. The molecule has 1 heterocycles. The van der Waals surface area contributed by atoms with Gasteiger partial charge in [-0.3, -0.25) is 10.1 Å². The summed E-state index contributed by atoms with van der Waals surface area (Å²) in [6.07, 6.45) is 2.94. The summed E-state index contributed by atoms with van der Waals surface area (Å²) in [6.45, 7) is 0. The molecule has 1 aliphatic carbocycles. The monoisotopic (exact) mass is 412 g/mol. The van der Waals surface area contributed by atoms with Crippen molar-refractivity contribution in [3.63, 3.8) is 0 Å². The smallest absolute Gasteiger partial charge is 0.329 e. The number of ether oxygens (including phenoxy) is 1. The molecule has 1 aromatic heterocycles. The second-order valence-corrected chi connectivity index (χ2v) is 8.40. The summed E-state index contributed by atoms with van der Waals surface area (Å²) in [5.74, 6) is 0.411. The van der Waals surface area contributed by atoms with Crippen LogP contribution in [0.1, 0.15) is 12.8 Å². The number of benzene rings is 2. The van der Waals surface area contributed by atoms with Crippen LogP contribution in [0.2, 0.25) is 0 Å². The Bertz CT molecular complexity index is 1150. The Hall–Kier alpha value is -3.53. The lowest BCUT2D eigenvalue weighted by Gasteiger charge is -2.08. The molecule has 0 unspecified atom stereocenters. The van der Waals surface area contributed by atoms with Crippen molar-refractivity contribution >= 4 is 21.3 Å². The molecule has 29 heavy (non-hydrogen) atoms. The van der Waals surface area contributed by atoms with Gasteiger partial charge in [-0.05, 0) is 49.2 Å². The zero-order valence-electron chi connectivity index (χ0n) is 15.1. The zero-order chi connectivity index (χ0) is 20.4. The standard InChI is InChI=1S/C19H16N4O5S/c24-23(25)17-12-20-19(22-18(17)21-13-6-7-13)28-14-8-10-16(11-9-14)29(26,27)15-4-2-1-3-5-15/h1-5,8-13H,6-7H2,(H,20,21,22). The summed E-state index contributed by atoms with van der Waals surface area (Å²) < 4.78 is 30.8. The molecule has 1 aliphatic rings. The minimum atomic E-state index is -3.63. The fourth-order valence-corrected chi connectivity index (χ4v) is 3.88. The van der Waals surface area contributed by atoms with E-state index in [2.05, 4.69) is 15.3 Å². The number of hydrogen-bond donors (Lipinski definition) is 1. The van der Waals surface area contributed by atoms with Gasteiger partial charge in [0.15, 0.2) is 0 Å². The topological polar surface area (TPSA) is 124 Å². The van der Waals surface area contributed by atoms with Crippen molar-refractivity contribution in [3.05, 3.63) is 70.9 Å². The number of sulfone groups is 1. The molecule has 0 spiro atoms. The minimum absolute atomic E-state index is 0.0718. The molecule has 0 bridgehead atoms. The van der Waals surface area contributed by atoms with Gasteiger partial charge in [-0.1, -0.05) is 18.2 Å². The van der Waals surface area contributed by atoms with E-state index in [-0.39, 0.29) is 33.3 Å². The number of nitro groups is 1.